The molecule has 3 N–H and O–H groups in total. The zero-order valence-corrected chi connectivity index (χ0v) is 21.3. The quantitative estimate of drug-likeness (QED) is 0.237. The van der Waals surface area contributed by atoms with Gasteiger partial charge in [-0.3, -0.25) is 0 Å². The molecule has 36 heavy (non-hydrogen) atoms. The zero-order chi connectivity index (χ0) is 25.0. The van der Waals surface area contributed by atoms with Crippen molar-refractivity contribution in [2.75, 3.05) is 5.14 Å². The monoisotopic (exact) mass is 554 g/mol. The van der Waals surface area contributed by atoms with Gasteiger partial charge in [-0.2, -0.15) is 4.98 Å². The molecule has 1 heterocycles. The summed E-state index contributed by atoms with van der Waals surface area (Å²) in [5, 5.41) is 30.3. The number of aromatic carboxylic acids is 1. The van der Waals surface area contributed by atoms with Crippen LogP contribution in [0.2, 0.25) is 0 Å². The van der Waals surface area contributed by atoms with Gasteiger partial charge in [-0.15, -0.1) is 10.9 Å². The van der Waals surface area contributed by atoms with E-state index < -0.39 is 16.6 Å². The largest absolute Gasteiger partial charge is 0.872 e. The lowest BCUT2D eigenvalue weighted by atomic mass is 9.92. The van der Waals surface area contributed by atoms with E-state index in [4.69, 9.17) is 10.1 Å². The Hall–Kier alpha value is -3.78. The normalized spacial score (nSPS) is 12.3. The summed E-state index contributed by atoms with van der Waals surface area (Å²) < 4.78 is 0.779. The summed E-state index contributed by atoms with van der Waals surface area (Å²) in [5.74, 6) is -1.22. The third kappa shape index (κ3) is 3.55. The molecule has 1 atom stereocenters. The molecule has 176 valence electrons. The minimum Gasteiger partial charge on any atom is -0.872 e. The van der Waals surface area contributed by atoms with Crippen molar-refractivity contribution in [3.05, 3.63) is 105 Å². The number of nitrogen functional groups attached to an aromatic ring is 1. The fourth-order valence-electron chi connectivity index (χ4n) is 4.95. The summed E-state index contributed by atoms with van der Waals surface area (Å²) in [4.78, 5) is 17.3. The molecule has 1 unspecified atom stereocenters. The van der Waals surface area contributed by atoms with Crippen molar-refractivity contribution >= 4 is 32.6 Å². The zero-order valence-electron chi connectivity index (χ0n) is 18.9. The van der Waals surface area contributed by atoms with Gasteiger partial charge in [0.25, 0.3) is 5.01 Å². The third-order valence-corrected chi connectivity index (χ3v) is 8.54. The van der Waals surface area contributed by atoms with Gasteiger partial charge in [-0.25, -0.2) is 4.79 Å². The summed E-state index contributed by atoms with van der Waals surface area (Å²) in [6, 6.07) is 26.4. The third-order valence-electron chi connectivity index (χ3n) is 6.53. The van der Waals surface area contributed by atoms with Crippen LogP contribution in [0.3, 0.4) is 0 Å². The molecular formula is C29H19BrN2O3S. The maximum absolute atomic E-state index is 13.0. The predicted octanol–water partition coefficient (Wildman–Crippen LogP) is 6.65. The number of halogens is 1. The molecule has 7 heteroatoms. The molecule has 0 fully saturated rings. The van der Waals surface area contributed by atoms with E-state index >= 15 is 0 Å². The first-order valence-corrected chi connectivity index (χ1v) is 13.3. The topological polar surface area (TPSA) is 99.3 Å². The van der Waals surface area contributed by atoms with Gasteiger partial charge in [-0.1, -0.05) is 88.7 Å². The SMILES string of the molecule is N[s+]1c(-c2c(-c3cc(Br)ccc3[O-])ccc3c2Cc2ccccc2-3)nc(-c2ccccc2)c1C(=O)O. The summed E-state index contributed by atoms with van der Waals surface area (Å²) in [6.07, 6.45) is 0.649. The van der Waals surface area contributed by atoms with E-state index in [-0.39, 0.29) is 10.6 Å². The maximum Gasteiger partial charge on any atom is 0.393 e. The molecule has 0 saturated heterocycles. The lowest BCUT2D eigenvalue weighted by Gasteiger charge is -2.18. The summed E-state index contributed by atoms with van der Waals surface area (Å²) >= 11 is 3.49. The van der Waals surface area contributed by atoms with Crippen molar-refractivity contribution in [1.29, 1.82) is 0 Å². The number of benzene rings is 4. The van der Waals surface area contributed by atoms with E-state index in [0.29, 0.717) is 33.8 Å². The van der Waals surface area contributed by atoms with Crippen LogP contribution in [-0.2, 0) is 6.42 Å². The minimum atomic E-state index is -1.30. The van der Waals surface area contributed by atoms with Crippen LogP contribution in [0.15, 0.2) is 89.4 Å². The van der Waals surface area contributed by atoms with Crippen molar-refractivity contribution in [3.8, 4) is 49.8 Å². The molecule has 5 aromatic rings. The highest BCUT2D eigenvalue weighted by Gasteiger charge is 2.37. The second-order valence-corrected chi connectivity index (χ2v) is 11.0. The van der Waals surface area contributed by atoms with Gasteiger partial charge < -0.3 is 10.2 Å². The van der Waals surface area contributed by atoms with Crippen LogP contribution in [0, 0.1) is 0 Å². The van der Waals surface area contributed by atoms with E-state index in [1.54, 1.807) is 12.1 Å². The molecule has 0 saturated carbocycles. The highest BCUT2D eigenvalue weighted by molar-refractivity contribution is 9.10. The molecule has 0 radical (unpaired) electrons. The molecule has 0 aliphatic heterocycles. The van der Waals surface area contributed by atoms with Gasteiger partial charge in [0, 0.05) is 10.0 Å². The van der Waals surface area contributed by atoms with Crippen LogP contribution >= 0.6 is 26.6 Å². The lowest BCUT2D eigenvalue weighted by molar-refractivity contribution is -0.267. The highest BCUT2D eigenvalue weighted by Crippen LogP contribution is 2.50. The number of hydrogen-bond donors (Lipinski definition) is 2. The molecule has 4 aromatic carbocycles. The number of fused-ring (bicyclic) bond motifs is 3. The molecule has 0 spiro atoms. The Morgan fingerprint density at radius 3 is 2.42 bits per heavy atom. The van der Waals surface area contributed by atoms with Gasteiger partial charge in [0.15, 0.2) is 0 Å². The van der Waals surface area contributed by atoms with Gasteiger partial charge in [0.2, 0.25) is 0 Å². The number of carboxylic acid groups (broad SMARTS) is 1. The average molecular weight is 555 g/mol. The number of rotatable bonds is 4. The molecule has 1 aliphatic carbocycles. The first-order valence-electron chi connectivity index (χ1n) is 11.3. The highest BCUT2D eigenvalue weighted by atomic mass is 79.9. The number of aromatic nitrogens is 1. The molecular weight excluding hydrogens is 536 g/mol. The van der Waals surface area contributed by atoms with Crippen LogP contribution in [0.4, 0.5) is 0 Å². The number of nitrogens with two attached hydrogens (primary N) is 1. The van der Waals surface area contributed by atoms with E-state index in [0.717, 1.165) is 26.7 Å². The minimum absolute atomic E-state index is 0.0758. The van der Waals surface area contributed by atoms with Crippen LogP contribution in [-0.4, -0.2) is 16.1 Å². The second-order valence-electron chi connectivity index (χ2n) is 8.59. The predicted molar refractivity (Wildman–Crippen MR) is 146 cm³/mol. The van der Waals surface area contributed by atoms with Crippen molar-refractivity contribution < 1.29 is 15.0 Å². The number of nitrogens with zero attached hydrogens (tertiary/aromatic N) is 1. The Morgan fingerprint density at radius 2 is 1.64 bits per heavy atom. The van der Waals surface area contributed by atoms with Crippen LogP contribution in [0.1, 0.15) is 20.8 Å². The Kier molecular flexibility index (Phi) is 5.48. The van der Waals surface area contributed by atoms with Gasteiger partial charge in [-0.05, 0) is 51.9 Å². The molecule has 0 bridgehead atoms. The summed E-state index contributed by atoms with van der Waals surface area (Å²) in [6.45, 7) is 0. The fraction of sp³-hybridized carbons (Fsp3) is 0.0345. The fourth-order valence-corrected chi connectivity index (χ4v) is 6.71. The summed E-state index contributed by atoms with van der Waals surface area (Å²) in [7, 11) is -1.30. The smallest absolute Gasteiger partial charge is 0.393 e. The van der Waals surface area contributed by atoms with Crippen LogP contribution in [0.5, 0.6) is 5.75 Å². The number of thiazole rings is 1. The van der Waals surface area contributed by atoms with E-state index in [1.807, 2.05) is 54.6 Å². The van der Waals surface area contributed by atoms with Gasteiger partial charge in [0.05, 0.1) is 5.56 Å². The van der Waals surface area contributed by atoms with E-state index in [2.05, 4.69) is 28.1 Å². The molecule has 1 aliphatic rings. The molecule has 5 nitrogen and oxygen atoms in total. The van der Waals surface area contributed by atoms with Crippen molar-refractivity contribution in [3.63, 3.8) is 0 Å². The van der Waals surface area contributed by atoms with E-state index in [9.17, 15) is 15.0 Å². The first-order chi connectivity index (χ1) is 17.4. The maximum atomic E-state index is 13.0. The Bertz CT molecular complexity index is 1680. The second kappa shape index (κ2) is 8.71. The molecule has 1 aromatic heterocycles. The van der Waals surface area contributed by atoms with Gasteiger partial charge >= 0.3 is 10.8 Å². The Labute approximate surface area is 218 Å². The standard InChI is InChI=1S/C29H19BrN2O3S/c30-18-10-13-24(33)22(15-18)21-12-11-20-19-9-5-4-8-17(19)14-23(20)25(21)28-32-26(16-6-2-1-3-7-16)27(29(34)35)36(28)31/h1-13,15H,14,31H2,(H-,32,33,34,35). The van der Waals surface area contributed by atoms with Crippen molar-refractivity contribution in [2.45, 2.75) is 6.42 Å². The lowest BCUT2D eigenvalue weighted by Crippen LogP contribution is -2.01. The Balaban J connectivity index is 1.70. The number of carboxylic acids is 1. The van der Waals surface area contributed by atoms with Crippen LogP contribution < -0.4 is 10.2 Å². The van der Waals surface area contributed by atoms with E-state index in [1.165, 1.54) is 11.6 Å². The van der Waals surface area contributed by atoms with Crippen molar-refractivity contribution in [1.82, 2.24) is 4.98 Å². The molecule has 6 rings (SSSR count). The Morgan fingerprint density at radius 1 is 0.917 bits per heavy atom. The number of hydrogen-bond acceptors (Lipinski definition) is 4. The number of carbonyl (C=O) groups is 1. The average Bonchev–Trinajstić information content (AvgIpc) is 3.43. The first kappa shape index (κ1) is 22.7. The summed E-state index contributed by atoms with van der Waals surface area (Å²) in [5.41, 5.74) is 7.38. The van der Waals surface area contributed by atoms with Crippen LogP contribution in [0.25, 0.3) is 44.1 Å². The van der Waals surface area contributed by atoms with Crippen molar-refractivity contribution in [2.24, 2.45) is 0 Å². The molecule has 0 amide bonds. The van der Waals surface area contributed by atoms with Gasteiger partial charge in [0.1, 0.15) is 16.3 Å².